The fourth-order valence-corrected chi connectivity index (χ4v) is 3.36. The predicted molar refractivity (Wildman–Crippen MR) is 81.4 cm³/mol. The topological polar surface area (TPSA) is 83.5 Å². The average Bonchev–Trinajstić information content (AvgIpc) is 2.90. The first-order valence-corrected chi connectivity index (χ1v) is 7.01. The normalized spacial score (nSPS) is 11.1. The molecule has 0 unspecified atom stereocenters. The van der Waals surface area contributed by atoms with Gasteiger partial charge in [0.15, 0.2) is 0 Å². The van der Waals surface area contributed by atoms with Crippen LogP contribution >= 0.6 is 11.8 Å². The highest BCUT2D eigenvalue weighted by Crippen LogP contribution is 2.32. The first-order valence-electron chi connectivity index (χ1n) is 6.20. The molecule has 1 aromatic carbocycles. The molecule has 0 saturated carbocycles. The van der Waals surface area contributed by atoms with Gasteiger partial charge in [-0.2, -0.15) is 5.10 Å². The van der Waals surface area contributed by atoms with Crippen LogP contribution in [-0.2, 0) is 7.05 Å². The van der Waals surface area contributed by atoms with Gasteiger partial charge in [0, 0.05) is 18.0 Å². The molecule has 0 aliphatic heterocycles. The predicted octanol–water partition coefficient (Wildman–Crippen LogP) is 2.65. The largest absolute Gasteiger partial charge is 0.384 e. The summed E-state index contributed by atoms with van der Waals surface area (Å²) in [5.41, 5.74) is 8.24. The Balaban J connectivity index is 2.04. The SMILES string of the molecule is Cc1nn(C)c(Sc2cc3ccccc3[nH]2)c1C(=N)N. The monoisotopic (exact) mass is 285 g/mol. The zero-order chi connectivity index (χ0) is 14.3. The lowest BCUT2D eigenvalue weighted by atomic mass is 10.2. The number of fused-ring (bicyclic) bond motifs is 1. The van der Waals surface area contributed by atoms with Crippen molar-refractivity contribution >= 4 is 28.5 Å². The van der Waals surface area contributed by atoms with Crippen molar-refractivity contribution in [1.29, 1.82) is 5.41 Å². The molecule has 20 heavy (non-hydrogen) atoms. The van der Waals surface area contributed by atoms with Gasteiger partial charge in [-0.25, -0.2) is 0 Å². The summed E-state index contributed by atoms with van der Waals surface area (Å²) >= 11 is 1.54. The summed E-state index contributed by atoms with van der Waals surface area (Å²) in [4.78, 5) is 3.36. The molecule has 0 aliphatic rings. The van der Waals surface area contributed by atoms with Gasteiger partial charge in [0.05, 0.1) is 16.3 Å². The van der Waals surface area contributed by atoms with E-state index in [-0.39, 0.29) is 5.84 Å². The molecule has 0 atom stereocenters. The molecule has 6 heteroatoms. The van der Waals surface area contributed by atoms with E-state index in [2.05, 4.69) is 22.2 Å². The van der Waals surface area contributed by atoms with Crippen LogP contribution < -0.4 is 5.73 Å². The van der Waals surface area contributed by atoms with Crippen molar-refractivity contribution in [2.75, 3.05) is 0 Å². The fraction of sp³-hybridized carbons (Fsp3) is 0.143. The Morgan fingerprint density at radius 3 is 2.85 bits per heavy atom. The third-order valence-corrected chi connectivity index (χ3v) is 4.25. The fourth-order valence-electron chi connectivity index (χ4n) is 2.27. The molecular formula is C14H15N5S. The summed E-state index contributed by atoms with van der Waals surface area (Å²) in [5, 5.41) is 15.1. The van der Waals surface area contributed by atoms with Gasteiger partial charge in [0.2, 0.25) is 0 Å². The van der Waals surface area contributed by atoms with Crippen molar-refractivity contribution in [2.45, 2.75) is 17.0 Å². The number of hydrogen-bond acceptors (Lipinski definition) is 3. The van der Waals surface area contributed by atoms with E-state index in [0.717, 1.165) is 21.3 Å². The van der Waals surface area contributed by atoms with Gasteiger partial charge in [-0.3, -0.25) is 10.1 Å². The minimum absolute atomic E-state index is 0.0502. The lowest BCUT2D eigenvalue weighted by Gasteiger charge is -2.03. The number of H-pyrrole nitrogens is 1. The lowest BCUT2D eigenvalue weighted by Crippen LogP contribution is -2.13. The molecule has 5 nitrogen and oxygen atoms in total. The molecule has 0 bridgehead atoms. The number of nitrogens with two attached hydrogens (primary N) is 1. The van der Waals surface area contributed by atoms with Crippen LogP contribution in [0, 0.1) is 12.3 Å². The number of benzene rings is 1. The Kier molecular flexibility index (Phi) is 3.02. The van der Waals surface area contributed by atoms with Gasteiger partial charge in [-0.15, -0.1) is 0 Å². The van der Waals surface area contributed by atoms with Gasteiger partial charge in [0.1, 0.15) is 10.9 Å². The molecule has 0 aliphatic carbocycles. The molecule has 102 valence electrons. The maximum atomic E-state index is 7.70. The second-order valence-corrected chi connectivity index (χ2v) is 5.66. The summed E-state index contributed by atoms with van der Waals surface area (Å²) in [7, 11) is 1.87. The minimum Gasteiger partial charge on any atom is -0.384 e. The summed E-state index contributed by atoms with van der Waals surface area (Å²) in [6, 6.07) is 10.2. The average molecular weight is 285 g/mol. The van der Waals surface area contributed by atoms with Crippen LogP contribution in [0.25, 0.3) is 10.9 Å². The van der Waals surface area contributed by atoms with Crippen LogP contribution in [-0.4, -0.2) is 20.6 Å². The lowest BCUT2D eigenvalue weighted by molar-refractivity contribution is 0.691. The zero-order valence-corrected chi connectivity index (χ0v) is 12.1. The van der Waals surface area contributed by atoms with Gasteiger partial charge in [0.25, 0.3) is 0 Å². The highest BCUT2D eigenvalue weighted by Gasteiger charge is 2.17. The number of hydrogen-bond donors (Lipinski definition) is 3. The number of para-hydroxylation sites is 1. The van der Waals surface area contributed by atoms with Crippen molar-refractivity contribution in [1.82, 2.24) is 14.8 Å². The van der Waals surface area contributed by atoms with Crippen LogP contribution in [0.4, 0.5) is 0 Å². The van der Waals surface area contributed by atoms with Crippen molar-refractivity contribution in [3.8, 4) is 0 Å². The minimum atomic E-state index is 0.0502. The number of rotatable bonds is 3. The number of nitrogens with zero attached hydrogens (tertiary/aromatic N) is 2. The molecule has 3 rings (SSSR count). The van der Waals surface area contributed by atoms with Gasteiger partial charge in [-0.1, -0.05) is 30.0 Å². The molecule has 0 fully saturated rings. The maximum absolute atomic E-state index is 7.70. The number of amidine groups is 1. The van der Waals surface area contributed by atoms with E-state index in [1.807, 2.05) is 32.2 Å². The number of nitrogen functional groups attached to an aromatic ring is 1. The van der Waals surface area contributed by atoms with E-state index in [0.29, 0.717) is 5.56 Å². The van der Waals surface area contributed by atoms with Crippen molar-refractivity contribution in [2.24, 2.45) is 12.8 Å². The number of nitrogens with one attached hydrogen (secondary N) is 2. The van der Waals surface area contributed by atoms with Crippen LogP contribution in [0.5, 0.6) is 0 Å². The molecular weight excluding hydrogens is 270 g/mol. The summed E-state index contributed by atoms with van der Waals surface area (Å²) in [6.45, 7) is 1.87. The van der Waals surface area contributed by atoms with E-state index >= 15 is 0 Å². The quantitative estimate of drug-likeness (QED) is 0.511. The van der Waals surface area contributed by atoms with Gasteiger partial charge in [-0.05, 0) is 19.1 Å². The van der Waals surface area contributed by atoms with Crippen LogP contribution in [0.2, 0.25) is 0 Å². The molecule has 2 aromatic heterocycles. The first kappa shape index (κ1) is 12.8. The maximum Gasteiger partial charge on any atom is 0.127 e. The molecule has 0 spiro atoms. The van der Waals surface area contributed by atoms with Crippen molar-refractivity contribution in [3.05, 3.63) is 41.6 Å². The Morgan fingerprint density at radius 2 is 2.15 bits per heavy atom. The van der Waals surface area contributed by atoms with E-state index in [1.54, 1.807) is 4.68 Å². The van der Waals surface area contributed by atoms with Crippen molar-refractivity contribution in [3.63, 3.8) is 0 Å². The Labute approximate surface area is 120 Å². The summed E-state index contributed by atoms with van der Waals surface area (Å²) in [5.74, 6) is 0.0502. The van der Waals surface area contributed by atoms with Crippen molar-refractivity contribution < 1.29 is 0 Å². The third-order valence-electron chi connectivity index (χ3n) is 3.15. The zero-order valence-electron chi connectivity index (χ0n) is 11.3. The van der Waals surface area contributed by atoms with Gasteiger partial charge < -0.3 is 10.7 Å². The standard InChI is InChI=1S/C14H15N5S/c1-8-12(13(15)16)14(19(2)18-8)20-11-7-9-5-3-4-6-10(9)17-11/h3-7,17H,1-2H3,(H3,15,16). The molecule has 0 radical (unpaired) electrons. The van der Waals surface area contributed by atoms with E-state index in [4.69, 9.17) is 11.1 Å². The Morgan fingerprint density at radius 1 is 1.40 bits per heavy atom. The van der Waals surface area contributed by atoms with Crippen LogP contribution in [0.3, 0.4) is 0 Å². The van der Waals surface area contributed by atoms with E-state index < -0.39 is 0 Å². The number of aryl methyl sites for hydroxylation is 2. The molecule has 0 saturated heterocycles. The van der Waals surface area contributed by atoms with Gasteiger partial charge >= 0.3 is 0 Å². The number of aromatic amines is 1. The smallest absolute Gasteiger partial charge is 0.127 e. The highest BCUT2D eigenvalue weighted by atomic mass is 32.2. The first-order chi connectivity index (χ1) is 9.56. The summed E-state index contributed by atoms with van der Waals surface area (Å²) in [6.07, 6.45) is 0. The van der Waals surface area contributed by atoms with Crippen LogP contribution in [0.1, 0.15) is 11.3 Å². The third kappa shape index (κ3) is 2.08. The second-order valence-electron chi connectivity index (χ2n) is 4.63. The molecule has 4 N–H and O–H groups in total. The number of aromatic nitrogens is 3. The molecule has 2 heterocycles. The van der Waals surface area contributed by atoms with Crippen LogP contribution in [0.15, 0.2) is 40.4 Å². The highest BCUT2D eigenvalue weighted by molar-refractivity contribution is 7.99. The summed E-state index contributed by atoms with van der Waals surface area (Å²) < 4.78 is 1.77. The molecule has 3 aromatic rings. The molecule has 0 amide bonds. The van der Waals surface area contributed by atoms with E-state index in [1.165, 1.54) is 17.1 Å². The Hall–Kier alpha value is -2.21. The second kappa shape index (κ2) is 4.72. The van der Waals surface area contributed by atoms with E-state index in [9.17, 15) is 0 Å². The Bertz CT molecular complexity index is 766.